The lowest BCUT2D eigenvalue weighted by Crippen LogP contribution is -2.15. The van der Waals surface area contributed by atoms with Crippen LogP contribution < -0.4 is 20.5 Å². The summed E-state index contributed by atoms with van der Waals surface area (Å²) in [5, 5.41) is 2.83. The van der Waals surface area contributed by atoms with Gasteiger partial charge < -0.3 is 20.5 Å². The van der Waals surface area contributed by atoms with E-state index in [1.807, 2.05) is 45.0 Å². The number of hydrogen-bond acceptors (Lipinski definition) is 5. The Kier molecular flexibility index (Phi) is 5.79. The first-order valence-corrected chi connectivity index (χ1v) is 9.02. The summed E-state index contributed by atoms with van der Waals surface area (Å²) < 4.78 is 11.5. The Morgan fingerprint density at radius 1 is 1.07 bits per heavy atom. The van der Waals surface area contributed by atoms with Gasteiger partial charge in [-0.25, -0.2) is 4.98 Å². The number of para-hydroxylation sites is 2. The highest BCUT2D eigenvalue weighted by Crippen LogP contribution is 2.31. The van der Waals surface area contributed by atoms with Gasteiger partial charge in [-0.3, -0.25) is 4.79 Å². The van der Waals surface area contributed by atoms with Crippen molar-refractivity contribution in [3.05, 3.63) is 71.4 Å². The molecule has 0 aliphatic carbocycles. The zero-order valence-electron chi connectivity index (χ0n) is 16.2. The lowest BCUT2D eigenvalue weighted by molar-refractivity contribution is 0.102. The number of carbonyl (C=O) groups excluding carboxylic acids is 1. The number of ether oxygens (including phenoxy) is 2. The van der Waals surface area contributed by atoms with Crippen LogP contribution in [0.15, 0.2) is 54.6 Å². The summed E-state index contributed by atoms with van der Waals surface area (Å²) in [4.78, 5) is 16.7. The van der Waals surface area contributed by atoms with E-state index in [0.29, 0.717) is 35.1 Å². The standard InChI is InChI=1S/C22H23N3O3/c1-4-27-19-7-5-6-8-20(19)28-17-11-9-16(10-12-17)25-22(26)18-13-14(2)15(3)24-21(18)23/h5-13H,4H2,1-3H3,(H2,23,24)(H,25,26). The van der Waals surface area contributed by atoms with E-state index in [-0.39, 0.29) is 11.7 Å². The fraction of sp³-hybridized carbons (Fsp3) is 0.182. The number of nitrogen functional groups attached to an aromatic ring is 1. The summed E-state index contributed by atoms with van der Waals surface area (Å²) in [6.45, 7) is 6.23. The molecule has 0 unspecified atom stereocenters. The first-order chi connectivity index (χ1) is 13.5. The fourth-order valence-corrected chi connectivity index (χ4v) is 2.65. The van der Waals surface area contributed by atoms with E-state index in [4.69, 9.17) is 15.2 Å². The lowest BCUT2D eigenvalue weighted by Gasteiger charge is -2.12. The van der Waals surface area contributed by atoms with Gasteiger partial charge in [0, 0.05) is 11.4 Å². The maximum Gasteiger partial charge on any atom is 0.259 e. The number of aromatic nitrogens is 1. The topological polar surface area (TPSA) is 86.5 Å². The first-order valence-electron chi connectivity index (χ1n) is 9.02. The molecule has 0 saturated carbocycles. The van der Waals surface area contributed by atoms with E-state index in [1.54, 1.807) is 30.3 Å². The summed E-state index contributed by atoms with van der Waals surface area (Å²) in [6, 6.07) is 16.3. The van der Waals surface area contributed by atoms with Crippen LogP contribution in [0.2, 0.25) is 0 Å². The van der Waals surface area contributed by atoms with E-state index in [1.165, 1.54) is 0 Å². The summed E-state index contributed by atoms with van der Waals surface area (Å²) in [6.07, 6.45) is 0. The number of nitrogens with two attached hydrogens (primary N) is 1. The lowest BCUT2D eigenvalue weighted by atomic mass is 10.1. The molecule has 1 heterocycles. The minimum atomic E-state index is -0.302. The highest BCUT2D eigenvalue weighted by atomic mass is 16.5. The Balaban J connectivity index is 1.71. The second kappa shape index (κ2) is 8.43. The number of anilines is 2. The van der Waals surface area contributed by atoms with Crippen molar-refractivity contribution in [1.82, 2.24) is 4.98 Å². The predicted octanol–water partition coefficient (Wildman–Crippen LogP) is 4.72. The number of nitrogens with zero attached hydrogens (tertiary/aromatic N) is 1. The molecule has 3 N–H and O–H groups in total. The second-order valence-corrected chi connectivity index (χ2v) is 6.28. The van der Waals surface area contributed by atoms with Gasteiger partial charge in [0.2, 0.25) is 0 Å². The molecule has 28 heavy (non-hydrogen) atoms. The van der Waals surface area contributed by atoms with Crippen molar-refractivity contribution in [3.63, 3.8) is 0 Å². The molecule has 0 aliphatic heterocycles. The molecule has 0 radical (unpaired) electrons. The average Bonchev–Trinajstić information content (AvgIpc) is 2.68. The Morgan fingerprint density at radius 3 is 2.43 bits per heavy atom. The maximum absolute atomic E-state index is 12.5. The van der Waals surface area contributed by atoms with E-state index in [0.717, 1.165) is 11.3 Å². The van der Waals surface area contributed by atoms with Gasteiger partial charge >= 0.3 is 0 Å². The Bertz CT molecular complexity index is 985. The number of pyridine rings is 1. The Hall–Kier alpha value is -3.54. The molecule has 1 amide bonds. The fourth-order valence-electron chi connectivity index (χ4n) is 2.65. The van der Waals surface area contributed by atoms with Crippen molar-refractivity contribution < 1.29 is 14.3 Å². The predicted molar refractivity (Wildman–Crippen MR) is 110 cm³/mol. The smallest absolute Gasteiger partial charge is 0.259 e. The molecule has 6 nitrogen and oxygen atoms in total. The van der Waals surface area contributed by atoms with Crippen LogP contribution in [0.25, 0.3) is 0 Å². The molecular formula is C22H23N3O3. The molecule has 0 saturated heterocycles. The van der Waals surface area contributed by atoms with Crippen molar-refractivity contribution >= 4 is 17.4 Å². The minimum Gasteiger partial charge on any atom is -0.490 e. The molecule has 2 aromatic carbocycles. The average molecular weight is 377 g/mol. The van der Waals surface area contributed by atoms with Gasteiger partial charge in [-0.2, -0.15) is 0 Å². The van der Waals surface area contributed by atoms with Crippen molar-refractivity contribution in [2.75, 3.05) is 17.7 Å². The van der Waals surface area contributed by atoms with Gasteiger partial charge in [0.25, 0.3) is 5.91 Å². The van der Waals surface area contributed by atoms with E-state index >= 15 is 0 Å². The second-order valence-electron chi connectivity index (χ2n) is 6.28. The van der Waals surface area contributed by atoms with Gasteiger partial charge in [-0.05, 0) is 68.8 Å². The third-order valence-corrected chi connectivity index (χ3v) is 4.23. The first kappa shape index (κ1) is 19.2. The van der Waals surface area contributed by atoms with Gasteiger partial charge in [-0.15, -0.1) is 0 Å². The van der Waals surface area contributed by atoms with Gasteiger partial charge in [0.1, 0.15) is 11.6 Å². The summed E-state index contributed by atoms with van der Waals surface area (Å²) in [7, 11) is 0. The van der Waals surface area contributed by atoms with Gasteiger partial charge in [0.05, 0.1) is 12.2 Å². The monoisotopic (exact) mass is 377 g/mol. The van der Waals surface area contributed by atoms with Crippen molar-refractivity contribution in [2.24, 2.45) is 0 Å². The number of nitrogens with one attached hydrogen (secondary N) is 1. The van der Waals surface area contributed by atoms with Crippen LogP contribution in [0, 0.1) is 13.8 Å². The molecule has 0 spiro atoms. The van der Waals surface area contributed by atoms with Crippen molar-refractivity contribution in [1.29, 1.82) is 0 Å². The van der Waals surface area contributed by atoms with E-state index in [2.05, 4.69) is 10.3 Å². The highest BCUT2D eigenvalue weighted by molar-refractivity contribution is 6.07. The largest absolute Gasteiger partial charge is 0.490 e. The number of carbonyl (C=O) groups is 1. The Morgan fingerprint density at radius 2 is 1.75 bits per heavy atom. The quantitative estimate of drug-likeness (QED) is 0.649. The summed E-state index contributed by atoms with van der Waals surface area (Å²) >= 11 is 0. The zero-order valence-corrected chi connectivity index (χ0v) is 16.2. The molecular weight excluding hydrogens is 354 g/mol. The number of rotatable bonds is 6. The Labute approximate surface area is 164 Å². The normalized spacial score (nSPS) is 10.4. The number of amides is 1. The molecule has 0 aliphatic rings. The van der Waals surface area contributed by atoms with Crippen LogP contribution in [0.3, 0.4) is 0 Å². The molecule has 0 atom stereocenters. The van der Waals surface area contributed by atoms with Crippen LogP contribution in [-0.4, -0.2) is 17.5 Å². The molecule has 3 aromatic rings. The maximum atomic E-state index is 12.5. The van der Waals surface area contributed by atoms with E-state index in [9.17, 15) is 4.79 Å². The van der Waals surface area contributed by atoms with E-state index < -0.39 is 0 Å². The number of aryl methyl sites for hydroxylation is 2. The third kappa shape index (κ3) is 4.40. The van der Waals surface area contributed by atoms with Crippen molar-refractivity contribution in [3.8, 4) is 17.2 Å². The highest BCUT2D eigenvalue weighted by Gasteiger charge is 2.13. The minimum absolute atomic E-state index is 0.216. The summed E-state index contributed by atoms with van der Waals surface area (Å²) in [5.74, 6) is 1.87. The van der Waals surface area contributed by atoms with Crippen molar-refractivity contribution in [2.45, 2.75) is 20.8 Å². The zero-order chi connectivity index (χ0) is 20.1. The summed E-state index contributed by atoms with van der Waals surface area (Å²) in [5.41, 5.74) is 8.60. The van der Waals surface area contributed by atoms with Crippen LogP contribution in [0.4, 0.5) is 11.5 Å². The number of hydrogen-bond donors (Lipinski definition) is 2. The molecule has 0 fully saturated rings. The SMILES string of the molecule is CCOc1ccccc1Oc1ccc(NC(=O)c2cc(C)c(C)nc2N)cc1. The van der Waals surface area contributed by atoms with Crippen LogP contribution >= 0.6 is 0 Å². The number of benzene rings is 2. The van der Waals surface area contributed by atoms with Gasteiger partial charge in [0.15, 0.2) is 11.5 Å². The molecule has 0 bridgehead atoms. The van der Waals surface area contributed by atoms with Crippen LogP contribution in [0.1, 0.15) is 28.5 Å². The molecule has 1 aromatic heterocycles. The molecule has 3 rings (SSSR count). The van der Waals surface area contributed by atoms with Crippen LogP contribution in [0.5, 0.6) is 17.2 Å². The van der Waals surface area contributed by atoms with Crippen LogP contribution in [-0.2, 0) is 0 Å². The molecule has 6 heteroatoms. The molecule has 144 valence electrons. The third-order valence-electron chi connectivity index (χ3n) is 4.23. The van der Waals surface area contributed by atoms with Gasteiger partial charge in [-0.1, -0.05) is 12.1 Å².